The number of aromatic amines is 1. The highest BCUT2D eigenvalue weighted by atomic mass is 19.1. The molecular formula is C15H9FN6O2. The van der Waals surface area contributed by atoms with Crippen molar-refractivity contribution < 1.29 is 9.31 Å². The molecule has 4 rings (SSSR count). The van der Waals surface area contributed by atoms with Crippen LogP contribution in [-0.2, 0) is 0 Å². The zero-order valence-electron chi connectivity index (χ0n) is 12.0. The number of nitrogens with one attached hydrogen (secondary N) is 2. The topological polar surface area (TPSA) is 110 Å². The van der Waals surface area contributed by atoms with E-state index < -0.39 is 16.4 Å². The third kappa shape index (κ3) is 2.28. The number of halogens is 1. The zero-order valence-corrected chi connectivity index (χ0v) is 12.0. The van der Waals surface area contributed by atoms with Gasteiger partial charge in [0.25, 0.3) is 0 Å². The highest BCUT2D eigenvalue weighted by Gasteiger charge is 2.17. The van der Waals surface area contributed by atoms with Crippen molar-refractivity contribution in [1.29, 1.82) is 0 Å². The van der Waals surface area contributed by atoms with E-state index in [9.17, 15) is 14.5 Å². The Morgan fingerprint density at radius 3 is 2.92 bits per heavy atom. The third-order valence-corrected chi connectivity index (χ3v) is 3.60. The van der Waals surface area contributed by atoms with E-state index in [1.54, 1.807) is 6.20 Å². The fourth-order valence-electron chi connectivity index (χ4n) is 2.46. The number of hydrogen-bond acceptors (Lipinski definition) is 6. The fraction of sp³-hybridized carbons (Fsp3) is 0. The Kier molecular flexibility index (Phi) is 3.05. The summed E-state index contributed by atoms with van der Waals surface area (Å²) in [5.74, 6) is -0.581. The van der Waals surface area contributed by atoms with Crippen LogP contribution in [0.4, 0.5) is 21.6 Å². The van der Waals surface area contributed by atoms with Crippen molar-refractivity contribution in [3.8, 4) is 0 Å². The number of hydrogen-bond donors (Lipinski definition) is 2. The number of benzene rings is 2. The van der Waals surface area contributed by atoms with Gasteiger partial charge in [0.1, 0.15) is 12.1 Å². The van der Waals surface area contributed by atoms with Gasteiger partial charge in [0.2, 0.25) is 5.82 Å². The SMILES string of the molecule is O=[N+]([O-])c1cc2c(Nc3ccc4[nH]ncc4c3)ncnc2cc1F. The first-order chi connectivity index (χ1) is 11.6. The number of nitro benzene ring substituents is 1. The number of anilines is 2. The van der Waals surface area contributed by atoms with Gasteiger partial charge in [-0.15, -0.1) is 0 Å². The standard InChI is InChI=1S/C15H9FN6O2/c16-11-5-13-10(4-14(11)22(23)24)15(18-7-17-13)20-9-1-2-12-8(3-9)6-19-21-12/h1-7H,(H,19,21)(H,17,18,20). The number of rotatable bonds is 3. The normalized spacial score (nSPS) is 11.0. The van der Waals surface area contributed by atoms with Gasteiger partial charge in [0, 0.05) is 23.2 Å². The molecule has 0 spiro atoms. The lowest BCUT2D eigenvalue weighted by Gasteiger charge is -2.08. The van der Waals surface area contributed by atoms with E-state index in [2.05, 4.69) is 25.5 Å². The summed E-state index contributed by atoms with van der Waals surface area (Å²) in [6.07, 6.45) is 2.95. The third-order valence-electron chi connectivity index (χ3n) is 3.60. The minimum Gasteiger partial charge on any atom is -0.340 e. The van der Waals surface area contributed by atoms with Crippen LogP contribution in [0.1, 0.15) is 0 Å². The Hall–Kier alpha value is -3.62. The Morgan fingerprint density at radius 1 is 1.21 bits per heavy atom. The molecule has 9 heteroatoms. The van der Waals surface area contributed by atoms with Crippen LogP contribution < -0.4 is 5.32 Å². The summed E-state index contributed by atoms with van der Waals surface area (Å²) >= 11 is 0. The molecule has 0 aliphatic rings. The summed E-state index contributed by atoms with van der Waals surface area (Å²) in [5, 5.41) is 22.1. The highest BCUT2D eigenvalue weighted by molar-refractivity contribution is 5.93. The van der Waals surface area contributed by atoms with E-state index in [4.69, 9.17) is 0 Å². The summed E-state index contributed by atoms with van der Waals surface area (Å²) < 4.78 is 13.7. The van der Waals surface area contributed by atoms with E-state index in [0.29, 0.717) is 11.2 Å². The van der Waals surface area contributed by atoms with Gasteiger partial charge in [-0.2, -0.15) is 9.49 Å². The molecule has 0 saturated carbocycles. The van der Waals surface area contributed by atoms with Gasteiger partial charge in [-0.1, -0.05) is 0 Å². The monoisotopic (exact) mass is 324 g/mol. The minimum absolute atomic E-state index is 0.278. The first kappa shape index (κ1) is 14.0. The van der Waals surface area contributed by atoms with Crippen LogP contribution in [0.5, 0.6) is 0 Å². The lowest BCUT2D eigenvalue weighted by atomic mass is 10.2. The summed E-state index contributed by atoms with van der Waals surface area (Å²) in [4.78, 5) is 18.2. The van der Waals surface area contributed by atoms with Crippen LogP contribution in [0.2, 0.25) is 0 Å². The molecule has 0 saturated heterocycles. The average Bonchev–Trinajstić information content (AvgIpc) is 3.02. The first-order valence-electron chi connectivity index (χ1n) is 6.90. The van der Waals surface area contributed by atoms with Crippen LogP contribution in [-0.4, -0.2) is 25.1 Å². The molecule has 0 unspecified atom stereocenters. The van der Waals surface area contributed by atoms with Crippen molar-refractivity contribution in [3.05, 3.63) is 58.8 Å². The second-order valence-corrected chi connectivity index (χ2v) is 5.10. The van der Waals surface area contributed by atoms with Crippen LogP contribution >= 0.6 is 0 Å². The summed E-state index contributed by atoms with van der Waals surface area (Å²) in [7, 11) is 0. The fourth-order valence-corrected chi connectivity index (χ4v) is 2.46. The average molecular weight is 324 g/mol. The lowest BCUT2D eigenvalue weighted by Crippen LogP contribution is -1.98. The molecule has 8 nitrogen and oxygen atoms in total. The molecule has 0 atom stereocenters. The maximum absolute atomic E-state index is 13.7. The number of fused-ring (bicyclic) bond motifs is 2. The Labute approximate surface area is 133 Å². The molecule has 118 valence electrons. The summed E-state index contributed by atoms with van der Waals surface area (Å²) in [5.41, 5.74) is 1.26. The largest absolute Gasteiger partial charge is 0.340 e. The molecule has 0 radical (unpaired) electrons. The smallest absolute Gasteiger partial charge is 0.305 e. The van der Waals surface area contributed by atoms with Crippen LogP contribution in [0.25, 0.3) is 21.8 Å². The van der Waals surface area contributed by atoms with Crippen LogP contribution in [0.3, 0.4) is 0 Å². The molecule has 0 aliphatic heterocycles. The summed E-state index contributed by atoms with van der Waals surface area (Å²) in [6, 6.07) is 7.66. The second-order valence-electron chi connectivity index (χ2n) is 5.10. The van der Waals surface area contributed by atoms with Gasteiger partial charge >= 0.3 is 5.69 Å². The van der Waals surface area contributed by atoms with Crippen molar-refractivity contribution >= 4 is 39.0 Å². The number of nitro groups is 1. The van der Waals surface area contributed by atoms with Gasteiger partial charge in [0.05, 0.1) is 27.5 Å². The number of H-pyrrole nitrogens is 1. The molecule has 2 N–H and O–H groups in total. The van der Waals surface area contributed by atoms with E-state index in [0.717, 1.165) is 28.7 Å². The predicted molar refractivity (Wildman–Crippen MR) is 85.5 cm³/mol. The Morgan fingerprint density at radius 2 is 2.08 bits per heavy atom. The van der Waals surface area contributed by atoms with Crippen LogP contribution in [0.15, 0.2) is 42.9 Å². The number of aromatic nitrogens is 4. The molecule has 4 aromatic rings. The second kappa shape index (κ2) is 5.23. The Balaban J connectivity index is 1.83. The summed E-state index contributed by atoms with van der Waals surface area (Å²) in [6.45, 7) is 0. The molecule has 0 amide bonds. The molecule has 0 fully saturated rings. The van der Waals surface area contributed by atoms with Crippen molar-refractivity contribution in [2.45, 2.75) is 0 Å². The van der Waals surface area contributed by atoms with E-state index in [1.807, 2.05) is 18.2 Å². The molecule has 2 aromatic heterocycles. The predicted octanol–water partition coefficient (Wildman–Crippen LogP) is 3.30. The lowest BCUT2D eigenvalue weighted by molar-refractivity contribution is -0.387. The highest BCUT2D eigenvalue weighted by Crippen LogP contribution is 2.29. The maximum atomic E-state index is 13.7. The Bertz CT molecular complexity index is 1090. The molecule has 0 aliphatic carbocycles. The maximum Gasteiger partial charge on any atom is 0.305 e. The first-order valence-corrected chi connectivity index (χ1v) is 6.90. The molecule has 24 heavy (non-hydrogen) atoms. The van der Waals surface area contributed by atoms with Crippen molar-refractivity contribution in [3.63, 3.8) is 0 Å². The zero-order chi connectivity index (χ0) is 16.7. The van der Waals surface area contributed by atoms with Crippen molar-refractivity contribution in [2.24, 2.45) is 0 Å². The number of nitrogens with zero attached hydrogens (tertiary/aromatic N) is 4. The minimum atomic E-state index is -0.933. The van der Waals surface area contributed by atoms with Gasteiger partial charge < -0.3 is 5.32 Å². The van der Waals surface area contributed by atoms with Crippen molar-refractivity contribution in [2.75, 3.05) is 5.32 Å². The molecular weight excluding hydrogens is 315 g/mol. The quantitative estimate of drug-likeness (QED) is 0.442. The van der Waals surface area contributed by atoms with Crippen molar-refractivity contribution in [1.82, 2.24) is 20.2 Å². The van der Waals surface area contributed by atoms with Gasteiger partial charge in [-0.05, 0) is 18.2 Å². The van der Waals surface area contributed by atoms with E-state index in [-0.39, 0.29) is 5.52 Å². The van der Waals surface area contributed by atoms with E-state index in [1.165, 1.54) is 6.33 Å². The van der Waals surface area contributed by atoms with Gasteiger partial charge in [-0.25, -0.2) is 9.97 Å². The molecule has 0 bridgehead atoms. The van der Waals surface area contributed by atoms with Gasteiger partial charge in [0.15, 0.2) is 0 Å². The molecule has 2 aromatic carbocycles. The van der Waals surface area contributed by atoms with Gasteiger partial charge in [-0.3, -0.25) is 15.2 Å². The van der Waals surface area contributed by atoms with Crippen LogP contribution in [0, 0.1) is 15.9 Å². The van der Waals surface area contributed by atoms with E-state index >= 15 is 0 Å². The molecule has 2 heterocycles.